The second kappa shape index (κ2) is 4.09. The molecule has 0 aliphatic carbocycles. The van der Waals surface area contributed by atoms with Crippen LogP contribution in [0, 0.1) is 0 Å². The molecule has 0 saturated carbocycles. The van der Waals surface area contributed by atoms with Gasteiger partial charge in [-0.3, -0.25) is 9.78 Å². The first-order valence-electron chi connectivity index (χ1n) is 5.71. The van der Waals surface area contributed by atoms with Gasteiger partial charge in [0, 0.05) is 17.0 Å². The van der Waals surface area contributed by atoms with Gasteiger partial charge in [0.1, 0.15) is 5.69 Å². The summed E-state index contributed by atoms with van der Waals surface area (Å²) in [5, 5.41) is 0. The van der Waals surface area contributed by atoms with Crippen LogP contribution in [0.2, 0.25) is 0 Å². The fraction of sp³-hybridized carbons (Fsp3) is 0.615. The third-order valence-corrected chi connectivity index (χ3v) is 2.48. The quantitative estimate of drug-likeness (QED) is 0.811. The smallest absolute Gasteiger partial charge is 0.269 e. The molecular weight excluding hydrogens is 214 g/mol. The zero-order valence-corrected chi connectivity index (χ0v) is 11.5. The monoisotopic (exact) mass is 235 g/mol. The number of carbonyl (C=O) groups excluding carboxylic acids is 1. The first-order valence-corrected chi connectivity index (χ1v) is 5.71. The van der Waals surface area contributed by atoms with E-state index in [9.17, 15) is 4.79 Å². The lowest BCUT2D eigenvalue weighted by Gasteiger charge is -2.23. The zero-order chi connectivity index (χ0) is 13.4. The maximum absolute atomic E-state index is 11.5. The summed E-state index contributed by atoms with van der Waals surface area (Å²) < 4.78 is 0. The predicted molar refractivity (Wildman–Crippen MR) is 67.9 cm³/mol. The third-order valence-electron chi connectivity index (χ3n) is 2.48. The fourth-order valence-corrected chi connectivity index (χ4v) is 1.47. The Morgan fingerprint density at radius 1 is 1.12 bits per heavy atom. The van der Waals surface area contributed by atoms with Crippen LogP contribution in [-0.4, -0.2) is 15.9 Å². The Bertz CT molecular complexity index is 439. The summed E-state index contributed by atoms with van der Waals surface area (Å²) in [4.78, 5) is 20.2. The van der Waals surface area contributed by atoms with E-state index in [0.29, 0.717) is 5.69 Å². The third kappa shape index (κ3) is 3.02. The van der Waals surface area contributed by atoms with Crippen LogP contribution in [0.25, 0.3) is 0 Å². The van der Waals surface area contributed by atoms with Gasteiger partial charge in [0.05, 0.1) is 11.4 Å². The van der Waals surface area contributed by atoms with Crippen LogP contribution >= 0.6 is 0 Å². The molecule has 1 rings (SSSR count). The average Bonchev–Trinajstić information content (AvgIpc) is 2.14. The number of carbonyl (C=O) groups is 1. The van der Waals surface area contributed by atoms with Gasteiger partial charge in [-0.15, -0.1) is 0 Å². The second-order valence-corrected chi connectivity index (χ2v) is 6.32. The van der Waals surface area contributed by atoms with Crippen LogP contribution < -0.4 is 5.73 Å². The zero-order valence-electron chi connectivity index (χ0n) is 11.5. The Morgan fingerprint density at radius 3 is 2.00 bits per heavy atom. The maximum Gasteiger partial charge on any atom is 0.269 e. The van der Waals surface area contributed by atoms with E-state index in [1.54, 1.807) is 6.20 Å². The molecule has 1 heterocycles. The van der Waals surface area contributed by atoms with Crippen LogP contribution in [0.3, 0.4) is 0 Å². The number of hydrogen-bond acceptors (Lipinski definition) is 3. The molecule has 0 radical (unpaired) electrons. The van der Waals surface area contributed by atoms with E-state index in [-0.39, 0.29) is 16.5 Å². The molecular formula is C13H21N3O. The standard InChI is InChI=1S/C13H21N3O/c1-12(2,3)8-7-15-10(13(4,5)6)9(16-8)11(14)17/h7H,1-6H3,(H2,14,17). The highest BCUT2D eigenvalue weighted by Gasteiger charge is 2.26. The molecule has 0 aromatic carbocycles. The number of primary amides is 1. The lowest BCUT2D eigenvalue weighted by Crippen LogP contribution is -2.27. The molecule has 94 valence electrons. The highest BCUT2D eigenvalue weighted by Crippen LogP contribution is 2.26. The van der Waals surface area contributed by atoms with Gasteiger partial charge >= 0.3 is 0 Å². The van der Waals surface area contributed by atoms with Crippen molar-refractivity contribution in [3.05, 3.63) is 23.3 Å². The molecule has 0 bridgehead atoms. The van der Waals surface area contributed by atoms with E-state index in [0.717, 1.165) is 5.69 Å². The normalized spacial score (nSPS) is 12.6. The van der Waals surface area contributed by atoms with Crippen molar-refractivity contribution in [3.8, 4) is 0 Å². The van der Waals surface area contributed by atoms with E-state index in [1.807, 2.05) is 41.5 Å². The second-order valence-electron chi connectivity index (χ2n) is 6.32. The van der Waals surface area contributed by atoms with Crippen molar-refractivity contribution >= 4 is 5.91 Å². The summed E-state index contributed by atoms with van der Waals surface area (Å²) in [6.07, 6.45) is 1.73. The lowest BCUT2D eigenvalue weighted by atomic mass is 9.88. The van der Waals surface area contributed by atoms with Crippen molar-refractivity contribution in [2.75, 3.05) is 0 Å². The molecule has 4 nitrogen and oxygen atoms in total. The molecule has 17 heavy (non-hydrogen) atoms. The van der Waals surface area contributed by atoms with Crippen LogP contribution in [0.5, 0.6) is 0 Å². The van der Waals surface area contributed by atoms with Gasteiger partial charge in [-0.1, -0.05) is 41.5 Å². The van der Waals surface area contributed by atoms with Crippen LogP contribution in [0.15, 0.2) is 6.20 Å². The first-order chi connectivity index (χ1) is 7.53. The van der Waals surface area contributed by atoms with E-state index in [4.69, 9.17) is 5.73 Å². The van der Waals surface area contributed by atoms with Crippen molar-refractivity contribution in [3.63, 3.8) is 0 Å². The van der Waals surface area contributed by atoms with Gasteiger partial charge in [-0.05, 0) is 0 Å². The largest absolute Gasteiger partial charge is 0.364 e. The summed E-state index contributed by atoms with van der Waals surface area (Å²) in [6, 6.07) is 0. The minimum atomic E-state index is -0.520. The molecule has 1 aromatic rings. The van der Waals surface area contributed by atoms with E-state index in [1.165, 1.54) is 0 Å². The Kier molecular flexibility index (Phi) is 3.28. The maximum atomic E-state index is 11.5. The van der Waals surface area contributed by atoms with Crippen molar-refractivity contribution in [1.82, 2.24) is 9.97 Å². The highest BCUT2D eigenvalue weighted by atomic mass is 16.1. The Labute approximate surface area is 103 Å². The molecule has 2 N–H and O–H groups in total. The van der Waals surface area contributed by atoms with Crippen molar-refractivity contribution in [2.45, 2.75) is 52.4 Å². The molecule has 0 fully saturated rings. The number of hydrogen-bond donors (Lipinski definition) is 1. The number of nitrogens with zero attached hydrogens (tertiary/aromatic N) is 2. The molecule has 1 amide bonds. The molecule has 0 saturated heterocycles. The molecule has 0 unspecified atom stereocenters. The van der Waals surface area contributed by atoms with Gasteiger partial charge < -0.3 is 5.73 Å². The number of rotatable bonds is 1. The van der Waals surface area contributed by atoms with Gasteiger partial charge in [0.15, 0.2) is 0 Å². The summed E-state index contributed by atoms with van der Waals surface area (Å²) in [5.74, 6) is -0.520. The van der Waals surface area contributed by atoms with Gasteiger partial charge in [-0.2, -0.15) is 0 Å². The molecule has 1 aromatic heterocycles. The van der Waals surface area contributed by atoms with Crippen LogP contribution in [0.4, 0.5) is 0 Å². The summed E-state index contributed by atoms with van der Waals surface area (Å²) in [5.41, 5.74) is 6.70. The predicted octanol–water partition coefficient (Wildman–Crippen LogP) is 2.17. The van der Waals surface area contributed by atoms with Crippen LogP contribution in [0.1, 0.15) is 63.4 Å². The van der Waals surface area contributed by atoms with E-state index < -0.39 is 5.91 Å². The number of aromatic nitrogens is 2. The Hall–Kier alpha value is -1.45. The van der Waals surface area contributed by atoms with E-state index in [2.05, 4.69) is 9.97 Å². The van der Waals surface area contributed by atoms with Gasteiger partial charge in [-0.25, -0.2) is 4.98 Å². The minimum absolute atomic E-state index is 0.145. The van der Waals surface area contributed by atoms with Crippen molar-refractivity contribution in [1.29, 1.82) is 0 Å². The minimum Gasteiger partial charge on any atom is -0.364 e. The van der Waals surface area contributed by atoms with Gasteiger partial charge in [0.2, 0.25) is 0 Å². The lowest BCUT2D eigenvalue weighted by molar-refractivity contribution is 0.0992. The molecule has 0 aliphatic heterocycles. The Balaban J connectivity index is 3.43. The highest BCUT2D eigenvalue weighted by molar-refractivity contribution is 5.92. The Morgan fingerprint density at radius 2 is 1.65 bits per heavy atom. The van der Waals surface area contributed by atoms with Crippen molar-refractivity contribution in [2.24, 2.45) is 5.73 Å². The topological polar surface area (TPSA) is 68.9 Å². The molecule has 0 spiro atoms. The number of amides is 1. The summed E-state index contributed by atoms with van der Waals surface area (Å²) in [7, 11) is 0. The van der Waals surface area contributed by atoms with Gasteiger partial charge in [0.25, 0.3) is 5.91 Å². The number of nitrogens with two attached hydrogens (primary N) is 1. The SMILES string of the molecule is CC(C)(C)c1cnc(C(C)(C)C)c(C(N)=O)n1. The van der Waals surface area contributed by atoms with E-state index >= 15 is 0 Å². The summed E-state index contributed by atoms with van der Waals surface area (Å²) >= 11 is 0. The first kappa shape index (κ1) is 13.6. The van der Waals surface area contributed by atoms with Crippen molar-refractivity contribution < 1.29 is 4.79 Å². The average molecular weight is 235 g/mol. The fourth-order valence-electron chi connectivity index (χ4n) is 1.47. The molecule has 0 atom stereocenters. The molecule has 4 heteroatoms. The van der Waals surface area contributed by atoms with Crippen LogP contribution in [-0.2, 0) is 10.8 Å². The summed E-state index contributed by atoms with van der Waals surface area (Å²) in [6.45, 7) is 12.0. The molecule has 0 aliphatic rings.